The Hall–Kier alpha value is -2.00. The highest BCUT2D eigenvalue weighted by molar-refractivity contribution is 5.66. The average molecular weight is 284 g/mol. The van der Waals surface area contributed by atoms with E-state index in [2.05, 4.69) is 55.4 Å². The van der Waals surface area contributed by atoms with Crippen molar-refractivity contribution in [2.45, 2.75) is 33.2 Å². The number of rotatable bonds is 6. The lowest BCUT2D eigenvalue weighted by Gasteiger charge is -2.32. The van der Waals surface area contributed by atoms with Crippen molar-refractivity contribution in [2.75, 3.05) is 10.4 Å². The summed E-state index contributed by atoms with van der Waals surface area (Å²) in [6.45, 7) is 6.75. The molecule has 1 atom stereocenters. The largest absolute Gasteiger partial charge is 0.339 e. The van der Waals surface area contributed by atoms with Gasteiger partial charge in [-0.15, -0.1) is 0 Å². The van der Waals surface area contributed by atoms with Crippen LogP contribution in [-0.4, -0.2) is 11.2 Å². The monoisotopic (exact) mass is 284 g/mol. The summed E-state index contributed by atoms with van der Waals surface area (Å²) < 4.78 is 0. The number of benzene rings is 2. The lowest BCUT2D eigenvalue weighted by molar-refractivity contribution is 0.389. The topological polar surface area (TPSA) is 35.5 Å². The lowest BCUT2D eigenvalue weighted by Crippen LogP contribution is -2.29. The molecule has 2 aromatic rings. The molecule has 1 unspecified atom stereocenters. The van der Waals surface area contributed by atoms with Gasteiger partial charge in [0.25, 0.3) is 0 Å². The summed E-state index contributed by atoms with van der Waals surface area (Å²) in [5.74, 6) is 0.643. The fraction of sp³-hybridized carbons (Fsp3) is 0.333. The van der Waals surface area contributed by atoms with Crippen molar-refractivity contribution in [2.24, 2.45) is 5.92 Å². The van der Waals surface area contributed by atoms with Crippen LogP contribution in [0.15, 0.2) is 54.6 Å². The third kappa shape index (κ3) is 3.99. The standard InChI is InChI=1S/C18H24N2O/c1-14(2)13-15(3)20(17-7-5-4-6-8-17)18-11-9-16(19-21)10-12-18/h4-12,14-15,19,21H,13H2,1-3H3. The van der Waals surface area contributed by atoms with Crippen LogP contribution in [0.1, 0.15) is 27.2 Å². The molecule has 2 rings (SSSR count). The number of anilines is 3. The summed E-state index contributed by atoms with van der Waals surface area (Å²) in [6, 6.07) is 18.7. The Morgan fingerprint density at radius 2 is 1.48 bits per heavy atom. The number of nitrogens with one attached hydrogen (secondary N) is 1. The van der Waals surface area contributed by atoms with Gasteiger partial charge in [0.1, 0.15) is 0 Å². The van der Waals surface area contributed by atoms with Gasteiger partial charge >= 0.3 is 0 Å². The highest BCUT2D eigenvalue weighted by Gasteiger charge is 2.17. The van der Waals surface area contributed by atoms with Crippen molar-refractivity contribution >= 4 is 17.1 Å². The molecule has 3 heteroatoms. The van der Waals surface area contributed by atoms with Gasteiger partial charge in [0, 0.05) is 17.4 Å². The minimum Gasteiger partial charge on any atom is -0.339 e. The first-order chi connectivity index (χ1) is 10.1. The molecular formula is C18H24N2O. The number of para-hydroxylation sites is 1. The van der Waals surface area contributed by atoms with Gasteiger partial charge in [-0.05, 0) is 55.7 Å². The van der Waals surface area contributed by atoms with Crippen LogP contribution in [0, 0.1) is 5.92 Å². The van der Waals surface area contributed by atoms with Crippen LogP contribution in [0.2, 0.25) is 0 Å². The third-order valence-corrected chi connectivity index (χ3v) is 3.56. The van der Waals surface area contributed by atoms with Crippen LogP contribution in [0.5, 0.6) is 0 Å². The molecule has 0 amide bonds. The minimum absolute atomic E-state index is 0.403. The van der Waals surface area contributed by atoms with Crippen molar-refractivity contribution in [3.05, 3.63) is 54.6 Å². The van der Waals surface area contributed by atoms with Gasteiger partial charge in [-0.1, -0.05) is 32.0 Å². The average Bonchev–Trinajstić information content (AvgIpc) is 2.48. The van der Waals surface area contributed by atoms with Crippen LogP contribution >= 0.6 is 0 Å². The first-order valence-corrected chi connectivity index (χ1v) is 7.46. The predicted molar refractivity (Wildman–Crippen MR) is 89.3 cm³/mol. The Bertz CT molecular complexity index is 537. The third-order valence-electron chi connectivity index (χ3n) is 3.56. The van der Waals surface area contributed by atoms with Crippen molar-refractivity contribution in [3.8, 4) is 0 Å². The second kappa shape index (κ2) is 7.14. The Morgan fingerprint density at radius 1 is 0.905 bits per heavy atom. The van der Waals surface area contributed by atoms with E-state index in [0.717, 1.165) is 12.1 Å². The highest BCUT2D eigenvalue weighted by Crippen LogP contribution is 2.30. The maximum Gasteiger partial charge on any atom is 0.0603 e. The van der Waals surface area contributed by atoms with Gasteiger partial charge in [-0.2, -0.15) is 0 Å². The molecule has 2 N–H and O–H groups in total. The Labute approximate surface area is 127 Å². The molecule has 112 valence electrons. The summed E-state index contributed by atoms with van der Waals surface area (Å²) in [4.78, 5) is 2.35. The second-order valence-corrected chi connectivity index (χ2v) is 5.84. The summed E-state index contributed by atoms with van der Waals surface area (Å²) in [6.07, 6.45) is 1.12. The first kappa shape index (κ1) is 15.4. The molecule has 21 heavy (non-hydrogen) atoms. The quantitative estimate of drug-likeness (QED) is 0.728. The van der Waals surface area contributed by atoms with Crippen LogP contribution in [0.3, 0.4) is 0 Å². The van der Waals surface area contributed by atoms with Gasteiger partial charge < -0.3 is 4.90 Å². The maximum atomic E-state index is 8.95. The van der Waals surface area contributed by atoms with Crippen LogP contribution in [0.4, 0.5) is 17.1 Å². The van der Waals surface area contributed by atoms with Crippen LogP contribution < -0.4 is 10.4 Å². The number of hydrogen-bond donors (Lipinski definition) is 2. The van der Waals surface area contributed by atoms with E-state index in [-0.39, 0.29) is 0 Å². The summed E-state index contributed by atoms with van der Waals surface area (Å²) in [5.41, 5.74) is 5.20. The van der Waals surface area contributed by atoms with E-state index in [1.54, 1.807) is 0 Å². The van der Waals surface area contributed by atoms with Crippen LogP contribution in [-0.2, 0) is 0 Å². The van der Waals surface area contributed by atoms with E-state index in [1.165, 1.54) is 5.69 Å². The van der Waals surface area contributed by atoms with E-state index < -0.39 is 0 Å². The van der Waals surface area contributed by atoms with E-state index in [9.17, 15) is 0 Å². The summed E-state index contributed by atoms with van der Waals surface area (Å²) in [7, 11) is 0. The molecule has 0 aliphatic rings. The molecule has 0 spiro atoms. The highest BCUT2D eigenvalue weighted by atomic mass is 16.5. The summed E-state index contributed by atoms with van der Waals surface area (Å²) >= 11 is 0. The molecule has 0 heterocycles. The van der Waals surface area contributed by atoms with Crippen molar-refractivity contribution in [1.82, 2.24) is 0 Å². The first-order valence-electron chi connectivity index (χ1n) is 7.46. The Kier molecular flexibility index (Phi) is 5.23. The minimum atomic E-state index is 0.403. The van der Waals surface area contributed by atoms with E-state index in [4.69, 9.17) is 5.21 Å². The molecule has 0 saturated carbocycles. The van der Waals surface area contributed by atoms with Crippen LogP contribution in [0.25, 0.3) is 0 Å². The van der Waals surface area contributed by atoms with Crippen molar-refractivity contribution < 1.29 is 5.21 Å². The lowest BCUT2D eigenvalue weighted by atomic mass is 10.0. The molecule has 0 radical (unpaired) electrons. The van der Waals surface area contributed by atoms with Gasteiger partial charge in [0.05, 0.1) is 5.69 Å². The van der Waals surface area contributed by atoms with E-state index in [1.807, 2.05) is 30.3 Å². The predicted octanol–water partition coefficient (Wildman–Crippen LogP) is 5.06. The molecule has 0 saturated heterocycles. The SMILES string of the molecule is CC(C)CC(C)N(c1ccccc1)c1ccc(NO)cc1. The molecule has 0 aliphatic heterocycles. The normalized spacial score (nSPS) is 12.2. The van der Waals surface area contributed by atoms with Gasteiger partial charge in [0.2, 0.25) is 0 Å². The van der Waals surface area contributed by atoms with E-state index >= 15 is 0 Å². The fourth-order valence-corrected chi connectivity index (χ4v) is 2.73. The van der Waals surface area contributed by atoms with Crippen molar-refractivity contribution in [1.29, 1.82) is 0 Å². The molecular weight excluding hydrogens is 260 g/mol. The zero-order valence-electron chi connectivity index (χ0n) is 13.0. The maximum absolute atomic E-state index is 8.95. The van der Waals surface area contributed by atoms with E-state index in [0.29, 0.717) is 17.6 Å². The van der Waals surface area contributed by atoms with Gasteiger partial charge in [-0.25, -0.2) is 0 Å². The number of nitrogens with zero attached hydrogens (tertiary/aromatic N) is 1. The zero-order chi connectivity index (χ0) is 15.2. The van der Waals surface area contributed by atoms with Gasteiger partial charge in [0.15, 0.2) is 0 Å². The number of hydrogen-bond acceptors (Lipinski definition) is 3. The Balaban J connectivity index is 2.34. The fourth-order valence-electron chi connectivity index (χ4n) is 2.73. The van der Waals surface area contributed by atoms with Crippen molar-refractivity contribution in [3.63, 3.8) is 0 Å². The Morgan fingerprint density at radius 3 is 2.00 bits per heavy atom. The molecule has 3 nitrogen and oxygen atoms in total. The molecule has 0 aromatic heterocycles. The summed E-state index contributed by atoms with van der Waals surface area (Å²) in [5, 5.41) is 8.95. The second-order valence-electron chi connectivity index (χ2n) is 5.84. The molecule has 0 bridgehead atoms. The smallest absolute Gasteiger partial charge is 0.0603 e. The molecule has 0 fully saturated rings. The van der Waals surface area contributed by atoms with Gasteiger partial charge in [-0.3, -0.25) is 10.7 Å². The molecule has 2 aromatic carbocycles. The molecule has 0 aliphatic carbocycles. The zero-order valence-corrected chi connectivity index (χ0v) is 13.0.